The number of carbonyl (C=O) groups is 1. The zero-order valence-corrected chi connectivity index (χ0v) is 21.9. The van der Waals surface area contributed by atoms with Crippen molar-refractivity contribution >= 4 is 11.6 Å². The third-order valence-electron chi connectivity index (χ3n) is 6.73. The molecule has 1 heterocycles. The summed E-state index contributed by atoms with van der Waals surface area (Å²) in [6.07, 6.45) is 1.62. The first-order valence-corrected chi connectivity index (χ1v) is 13.3. The Balaban J connectivity index is 1.49. The van der Waals surface area contributed by atoms with Crippen molar-refractivity contribution in [1.29, 1.82) is 0 Å². The number of rotatable bonds is 6. The van der Waals surface area contributed by atoms with Gasteiger partial charge in [0.15, 0.2) is 0 Å². The van der Waals surface area contributed by atoms with Gasteiger partial charge in [0, 0.05) is 30.9 Å². The second-order valence-electron chi connectivity index (χ2n) is 10.1. The van der Waals surface area contributed by atoms with Gasteiger partial charge in [-0.15, -0.1) is 0 Å². The van der Waals surface area contributed by atoms with Crippen LogP contribution in [0.1, 0.15) is 59.7 Å². The maximum atomic E-state index is 13.2. The molecule has 4 rings (SSSR count). The standard InChI is InChI=1S/C31H39N3O3/c1-22(2)25-10-5-9-24(16-25)20-32-21-30(35)29-18-23-8-6-13-28(17-23)37-15-4-3-14-33-27-12-7-11-26(19-27)31(36)34-29/h5-13,16-17,19,22,29-30,32-33,35H,3-4,14-15,18,20-21H2,1-2H3,(H,34,36)/t29-,30+/m0/s1. The first kappa shape index (κ1) is 26.7. The van der Waals surface area contributed by atoms with Gasteiger partial charge >= 0.3 is 0 Å². The molecule has 0 spiro atoms. The van der Waals surface area contributed by atoms with Crippen LogP contribution in [0.25, 0.3) is 0 Å². The summed E-state index contributed by atoms with van der Waals surface area (Å²) in [4.78, 5) is 13.2. The van der Waals surface area contributed by atoms with E-state index in [4.69, 9.17) is 4.74 Å². The quantitative estimate of drug-likeness (QED) is 0.387. The minimum atomic E-state index is -0.776. The Morgan fingerprint density at radius 1 is 1.03 bits per heavy atom. The summed E-state index contributed by atoms with van der Waals surface area (Å²) in [5.74, 6) is 1.08. The van der Waals surface area contributed by atoms with E-state index >= 15 is 0 Å². The van der Waals surface area contributed by atoms with E-state index in [1.54, 1.807) is 0 Å². The lowest BCUT2D eigenvalue weighted by atomic mass is 9.99. The van der Waals surface area contributed by atoms with Gasteiger partial charge in [-0.05, 0) is 72.2 Å². The van der Waals surface area contributed by atoms with Gasteiger partial charge in [-0.3, -0.25) is 4.79 Å². The third kappa shape index (κ3) is 8.07. The van der Waals surface area contributed by atoms with E-state index in [1.807, 2.05) is 48.5 Å². The van der Waals surface area contributed by atoms with Crippen LogP contribution in [0, 0.1) is 0 Å². The van der Waals surface area contributed by atoms with Crippen molar-refractivity contribution in [3.8, 4) is 5.75 Å². The molecule has 6 nitrogen and oxygen atoms in total. The average molecular weight is 502 g/mol. The molecule has 4 bridgehead atoms. The topological polar surface area (TPSA) is 82.6 Å². The van der Waals surface area contributed by atoms with Crippen molar-refractivity contribution in [3.05, 3.63) is 95.1 Å². The number of hydrogen-bond donors (Lipinski definition) is 4. The van der Waals surface area contributed by atoms with Crippen LogP contribution < -0.4 is 20.7 Å². The van der Waals surface area contributed by atoms with Gasteiger partial charge in [-0.25, -0.2) is 0 Å². The molecular weight excluding hydrogens is 462 g/mol. The molecule has 0 saturated heterocycles. The molecular formula is C31H39N3O3. The predicted molar refractivity (Wildman–Crippen MR) is 149 cm³/mol. The zero-order valence-electron chi connectivity index (χ0n) is 21.9. The average Bonchev–Trinajstić information content (AvgIpc) is 2.90. The number of aliphatic hydroxyl groups excluding tert-OH is 1. The molecule has 0 aromatic heterocycles. The lowest BCUT2D eigenvalue weighted by Gasteiger charge is -2.25. The predicted octanol–water partition coefficient (Wildman–Crippen LogP) is 4.89. The van der Waals surface area contributed by atoms with Crippen LogP contribution >= 0.6 is 0 Å². The molecule has 4 N–H and O–H groups in total. The molecule has 6 heteroatoms. The molecule has 1 aliphatic rings. The highest BCUT2D eigenvalue weighted by Crippen LogP contribution is 2.18. The summed E-state index contributed by atoms with van der Waals surface area (Å²) >= 11 is 0. The highest BCUT2D eigenvalue weighted by molar-refractivity contribution is 5.95. The summed E-state index contributed by atoms with van der Waals surface area (Å²) in [6.45, 7) is 6.82. The van der Waals surface area contributed by atoms with E-state index in [1.165, 1.54) is 11.1 Å². The summed E-state index contributed by atoms with van der Waals surface area (Å²) < 4.78 is 5.96. The van der Waals surface area contributed by atoms with Gasteiger partial charge < -0.3 is 25.8 Å². The van der Waals surface area contributed by atoms with E-state index in [0.29, 0.717) is 37.6 Å². The first-order valence-electron chi connectivity index (χ1n) is 13.3. The number of hydrogen-bond acceptors (Lipinski definition) is 5. The normalized spacial score (nSPS) is 17.4. The molecule has 1 amide bonds. The SMILES string of the molecule is CC(C)c1cccc(CNC[C@@H](O)[C@@H]2Cc3cccc(c3)OCCCCNc3cccc(c3)C(=O)N2)c1. The Morgan fingerprint density at radius 3 is 2.73 bits per heavy atom. The number of aliphatic hydroxyl groups is 1. The summed E-state index contributed by atoms with van der Waals surface area (Å²) in [5, 5.41) is 21.0. The number of amides is 1. The molecule has 0 unspecified atom stereocenters. The minimum Gasteiger partial charge on any atom is -0.494 e. The molecule has 3 aromatic rings. The maximum absolute atomic E-state index is 13.2. The molecule has 0 aliphatic carbocycles. The van der Waals surface area contributed by atoms with Crippen molar-refractivity contribution in [2.24, 2.45) is 0 Å². The molecule has 3 aromatic carbocycles. The van der Waals surface area contributed by atoms with Crippen LogP contribution in [0.5, 0.6) is 5.75 Å². The Labute approximate surface area is 220 Å². The summed E-state index contributed by atoms with van der Waals surface area (Å²) in [5.41, 5.74) is 4.96. The van der Waals surface area contributed by atoms with E-state index in [0.717, 1.165) is 36.4 Å². The number of carbonyl (C=O) groups excluding carboxylic acids is 1. The monoisotopic (exact) mass is 501 g/mol. The van der Waals surface area contributed by atoms with Gasteiger partial charge in [-0.1, -0.05) is 56.3 Å². The van der Waals surface area contributed by atoms with Crippen LogP contribution in [-0.2, 0) is 13.0 Å². The first-order chi connectivity index (χ1) is 18.0. The molecule has 2 atom stereocenters. The van der Waals surface area contributed by atoms with Crippen LogP contribution in [0.3, 0.4) is 0 Å². The fraction of sp³-hybridized carbons (Fsp3) is 0.387. The van der Waals surface area contributed by atoms with Gasteiger partial charge in [0.25, 0.3) is 5.91 Å². The Bertz CT molecular complexity index is 1160. The molecule has 1 aliphatic heterocycles. The van der Waals surface area contributed by atoms with E-state index in [9.17, 15) is 9.90 Å². The van der Waals surface area contributed by atoms with Crippen LogP contribution in [0.4, 0.5) is 5.69 Å². The second-order valence-corrected chi connectivity index (χ2v) is 10.1. The van der Waals surface area contributed by atoms with Crippen molar-refractivity contribution in [1.82, 2.24) is 10.6 Å². The molecule has 0 saturated carbocycles. The number of fused-ring (bicyclic) bond motifs is 4. The lowest BCUT2D eigenvalue weighted by molar-refractivity contribution is 0.0830. The van der Waals surface area contributed by atoms with E-state index in [-0.39, 0.29) is 5.91 Å². The largest absolute Gasteiger partial charge is 0.494 e. The summed E-state index contributed by atoms with van der Waals surface area (Å²) in [7, 11) is 0. The van der Waals surface area contributed by atoms with Crippen molar-refractivity contribution in [3.63, 3.8) is 0 Å². The Kier molecular flexibility index (Phi) is 9.58. The Hall–Kier alpha value is -3.35. The number of benzene rings is 3. The van der Waals surface area contributed by atoms with Gasteiger partial charge in [0.2, 0.25) is 0 Å². The van der Waals surface area contributed by atoms with Crippen molar-refractivity contribution in [2.45, 2.75) is 57.7 Å². The highest BCUT2D eigenvalue weighted by atomic mass is 16.5. The molecule has 37 heavy (non-hydrogen) atoms. The lowest BCUT2D eigenvalue weighted by Crippen LogP contribution is -2.48. The Morgan fingerprint density at radius 2 is 1.86 bits per heavy atom. The van der Waals surface area contributed by atoms with Crippen molar-refractivity contribution in [2.75, 3.05) is 25.0 Å². The van der Waals surface area contributed by atoms with Gasteiger partial charge in [0.05, 0.1) is 18.8 Å². The van der Waals surface area contributed by atoms with Crippen LogP contribution in [-0.4, -0.2) is 42.9 Å². The van der Waals surface area contributed by atoms with Gasteiger partial charge in [-0.2, -0.15) is 0 Å². The van der Waals surface area contributed by atoms with E-state index < -0.39 is 12.1 Å². The van der Waals surface area contributed by atoms with Gasteiger partial charge in [0.1, 0.15) is 5.75 Å². The molecule has 0 fully saturated rings. The maximum Gasteiger partial charge on any atom is 0.251 e. The molecule has 196 valence electrons. The number of ether oxygens (including phenoxy) is 1. The fourth-order valence-electron chi connectivity index (χ4n) is 4.54. The smallest absolute Gasteiger partial charge is 0.251 e. The zero-order chi connectivity index (χ0) is 26.0. The third-order valence-corrected chi connectivity index (χ3v) is 6.73. The minimum absolute atomic E-state index is 0.197. The fourth-order valence-corrected chi connectivity index (χ4v) is 4.54. The highest BCUT2D eigenvalue weighted by Gasteiger charge is 2.23. The van der Waals surface area contributed by atoms with E-state index in [2.05, 4.69) is 54.1 Å². The second kappa shape index (κ2) is 13.3. The summed E-state index contributed by atoms with van der Waals surface area (Å²) in [6, 6.07) is 23.5. The van der Waals surface area contributed by atoms with Crippen LogP contribution in [0.15, 0.2) is 72.8 Å². The number of nitrogens with one attached hydrogen (secondary N) is 3. The van der Waals surface area contributed by atoms with Crippen molar-refractivity contribution < 1.29 is 14.6 Å². The molecule has 0 radical (unpaired) electrons. The number of anilines is 1. The van der Waals surface area contributed by atoms with Crippen LogP contribution in [0.2, 0.25) is 0 Å².